The number of nitrogens with zero attached hydrogens (tertiary/aromatic N) is 1. The molecule has 1 aliphatic rings. The molecule has 0 aromatic carbocycles. The van der Waals surface area contributed by atoms with Gasteiger partial charge < -0.3 is 20.1 Å². The summed E-state index contributed by atoms with van der Waals surface area (Å²) >= 11 is 0. The van der Waals surface area contributed by atoms with Crippen molar-refractivity contribution < 1.29 is 14.3 Å². The maximum absolute atomic E-state index is 12.0. The third-order valence-corrected chi connectivity index (χ3v) is 3.44. The first-order valence-electron chi connectivity index (χ1n) is 7.01. The number of hydrogen-bond acceptors (Lipinski definition) is 4. The fourth-order valence-corrected chi connectivity index (χ4v) is 2.28. The zero-order chi connectivity index (χ0) is 14.5. The maximum Gasteiger partial charge on any atom is 0.410 e. The molecule has 1 atom stereocenters. The topological polar surface area (TPSA) is 64.8 Å². The van der Waals surface area contributed by atoms with E-state index in [0.717, 1.165) is 32.2 Å². The second-order valence-corrected chi connectivity index (χ2v) is 6.43. The van der Waals surface area contributed by atoms with Crippen LogP contribution in [0.4, 0.5) is 4.79 Å². The molecule has 1 saturated heterocycles. The Morgan fingerprint density at radius 2 is 2.00 bits per heavy atom. The van der Waals surface area contributed by atoms with E-state index in [9.17, 15) is 4.79 Å². The molecule has 0 spiro atoms. The summed E-state index contributed by atoms with van der Waals surface area (Å²) in [5.41, 5.74) is 5.72. The van der Waals surface area contributed by atoms with E-state index in [1.165, 1.54) is 0 Å². The first-order valence-corrected chi connectivity index (χ1v) is 7.01. The van der Waals surface area contributed by atoms with Crippen LogP contribution in [-0.2, 0) is 9.47 Å². The molecule has 19 heavy (non-hydrogen) atoms. The Labute approximate surface area is 116 Å². The van der Waals surface area contributed by atoms with Crippen LogP contribution >= 0.6 is 0 Å². The maximum atomic E-state index is 12.0. The zero-order valence-corrected chi connectivity index (χ0v) is 12.7. The van der Waals surface area contributed by atoms with Gasteiger partial charge in [-0.15, -0.1) is 0 Å². The number of rotatable bonds is 3. The quantitative estimate of drug-likeness (QED) is 0.855. The Balaban J connectivity index is 2.51. The third kappa shape index (κ3) is 5.78. The van der Waals surface area contributed by atoms with E-state index in [4.69, 9.17) is 15.2 Å². The molecule has 1 heterocycles. The molecular weight excluding hydrogens is 244 g/mol. The van der Waals surface area contributed by atoms with Crippen molar-refractivity contribution in [2.45, 2.75) is 57.6 Å². The van der Waals surface area contributed by atoms with E-state index in [-0.39, 0.29) is 11.6 Å². The summed E-state index contributed by atoms with van der Waals surface area (Å²) in [6.07, 6.45) is 3.25. The van der Waals surface area contributed by atoms with Crippen molar-refractivity contribution in [3.8, 4) is 0 Å². The molecule has 1 amide bonds. The lowest BCUT2D eigenvalue weighted by Gasteiger charge is -2.29. The van der Waals surface area contributed by atoms with Crippen molar-refractivity contribution >= 4 is 6.09 Å². The van der Waals surface area contributed by atoms with Gasteiger partial charge in [0.05, 0.1) is 0 Å². The van der Waals surface area contributed by atoms with Crippen LogP contribution in [0, 0.1) is 0 Å². The monoisotopic (exact) mass is 272 g/mol. The Morgan fingerprint density at radius 1 is 1.32 bits per heavy atom. The standard InChI is InChI=1S/C14H28N2O3/c1-13(2,3)19-12(17)16-9-5-6-14(15,7-10-16)8-11-18-4/h5-11,15H2,1-4H3. The first kappa shape index (κ1) is 16.2. The highest BCUT2D eigenvalue weighted by Gasteiger charge is 2.31. The average Bonchev–Trinajstić information content (AvgIpc) is 2.47. The van der Waals surface area contributed by atoms with Crippen molar-refractivity contribution in [3.63, 3.8) is 0 Å². The molecule has 0 radical (unpaired) electrons. The average molecular weight is 272 g/mol. The molecule has 1 rings (SSSR count). The molecule has 5 heteroatoms. The SMILES string of the molecule is COCCC1(N)CCCN(C(=O)OC(C)(C)C)CC1. The molecule has 1 aliphatic heterocycles. The minimum Gasteiger partial charge on any atom is -0.444 e. The summed E-state index contributed by atoms with van der Waals surface area (Å²) in [7, 11) is 1.69. The van der Waals surface area contributed by atoms with Gasteiger partial charge in [-0.1, -0.05) is 0 Å². The third-order valence-electron chi connectivity index (χ3n) is 3.44. The fourth-order valence-electron chi connectivity index (χ4n) is 2.28. The van der Waals surface area contributed by atoms with Gasteiger partial charge in [0.1, 0.15) is 5.60 Å². The number of methoxy groups -OCH3 is 1. The van der Waals surface area contributed by atoms with Gasteiger partial charge in [0.2, 0.25) is 0 Å². The van der Waals surface area contributed by atoms with Gasteiger partial charge in [-0.2, -0.15) is 0 Å². The number of carbonyl (C=O) groups excluding carboxylic acids is 1. The largest absolute Gasteiger partial charge is 0.444 e. The fraction of sp³-hybridized carbons (Fsp3) is 0.929. The van der Waals surface area contributed by atoms with Crippen molar-refractivity contribution in [3.05, 3.63) is 0 Å². The summed E-state index contributed by atoms with van der Waals surface area (Å²) in [6, 6.07) is 0. The van der Waals surface area contributed by atoms with Crippen LogP contribution < -0.4 is 5.73 Å². The molecule has 0 aromatic heterocycles. The second-order valence-electron chi connectivity index (χ2n) is 6.43. The summed E-state index contributed by atoms with van der Waals surface area (Å²) in [4.78, 5) is 13.8. The predicted molar refractivity (Wildman–Crippen MR) is 75.1 cm³/mol. The predicted octanol–water partition coefficient (Wildman–Crippen LogP) is 2.14. The lowest BCUT2D eigenvalue weighted by atomic mass is 9.89. The summed E-state index contributed by atoms with van der Waals surface area (Å²) in [5.74, 6) is 0. The van der Waals surface area contributed by atoms with Crippen molar-refractivity contribution in [2.24, 2.45) is 5.73 Å². The number of likely N-dealkylation sites (tertiary alicyclic amines) is 1. The molecule has 112 valence electrons. The minimum absolute atomic E-state index is 0.216. The highest BCUT2D eigenvalue weighted by atomic mass is 16.6. The van der Waals surface area contributed by atoms with Gasteiger partial charge in [0, 0.05) is 32.3 Å². The molecule has 0 saturated carbocycles. The first-order chi connectivity index (χ1) is 8.76. The van der Waals surface area contributed by atoms with Crippen LogP contribution in [0.3, 0.4) is 0 Å². The van der Waals surface area contributed by atoms with E-state index in [1.807, 2.05) is 20.8 Å². The number of carbonyl (C=O) groups is 1. The number of hydrogen-bond donors (Lipinski definition) is 1. The van der Waals surface area contributed by atoms with Gasteiger partial charge >= 0.3 is 6.09 Å². The Kier molecular flexibility index (Phi) is 5.62. The van der Waals surface area contributed by atoms with Crippen LogP contribution in [0.5, 0.6) is 0 Å². The molecular formula is C14H28N2O3. The molecule has 2 N–H and O–H groups in total. The van der Waals surface area contributed by atoms with Crippen LogP contribution in [0.25, 0.3) is 0 Å². The molecule has 0 aromatic rings. The Morgan fingerprint density at radius 3 is 2.58 bits per heavy atom. The highest BCUT2D eigenvalue weighted by molar-refractivity contribution is 5.68. The van der Waals surface area contributed by atoms with Crippen molar-refractivity contribution in [1.82, 2.24) is 4.90 Å². The van der Waals surface area contributed by atoms with Crippen molar-refractivity contribution in [1.29, 1.82) is 0 Å². The number of amides is 1. The lowest BCUT2D eigenvalue weighted by molar-refractivity contribution is 0.0253. The van der Waals surface area contributed by atoms with Crippen LogP contribution in [0.2, 0.25) is 0 Å². The summed E-state index contributed by atoms with van der Waals surface area (Å²) in [6.45, 7) is 7.70. The van der Waals surface area contributed by atoms with E-state index in [2.05, 4.69) is 0 Å². The van der Waals surface area contributed by atoms with Gasteiger partial charge in [-0.3, -0.25) is 0 Å². The molecule has 0 aliphatic carbocycles. The normalized spacial score (nSPS) is 25.0. The Bertz CT molecular complexity index is 302. The molecule has 0 bridgehead atoms. The van der Waals surface area contributed by atoms with E-state index < -0.39 is 5.60 Å². The van der Waals surface area contributed by atoms with Gasteiger partial charge in [-0.25, -0.2) is 4.79 Å². The van der Waals surface area contributed by atoms with Gasteiger partial charge in [-0.05, 0) is 46.5 Å². The molecule has 5 nitrogen and oxygen atoms in total. The smallest absolute Gasteiger partial charge is 0.410 e. The van der Waals surface area contributed by atoms with Gasteiger partial charge in [0.15, 0.2) is 0 Å². The van der Waals surface area contributed by atoms with Crippen LogP contribution in [0.15, 0.2) is 0 Å². The lowest BCUT2D eigenvalue weighted by Crippen LogP contribution is -2.43. The Hall–Kier alpha value is -0.810. The molecule has 1 unspecified atom stereocenters. The van der Waals surface area contributed by atoms with Crippen LogP contribution in [-0.4, -0.2) is 48.9 Å². The van der Waals surface area contributed by atoms with E-state index >= 15 is 0 Å². The summed E-state index contributed by atoms with van der Waals surface area (Å²) in [5, 5.41) is 0. The second kappa shape index (κ2) is 6.57. The van der Waals surface area contributed by atoms with E-state index in [0.29, 0.717) is 13.2 Å². The number of ether oxygens (including phenoxy) is 2. The minimum atomic E-state index is -0.445. The van der Waals surface area contributed by atoms with Crippen molar-refractivity contribution in [2.75, 3.05) is 26.8 Å². The highest BCUT2D eigenvalue weighted by Crippen LogP contribution is 2.24. The molecule has 1 fully saturated rings. The number of nitrogens with two attached hydrogens (primary N) is 1. The van der Waals surface area contributed by atoms with E-state index in [1.54, 1.807) is 12.0 Å². The zero-order valence-electron chi connectivity index (χ0n) is 12.7. The van der Waals surface area contributed by atoms with Crippen LogP contribution in [0.1, 0.15) is 46.5 Å². The van der Waals surface area contributed by atoms with Gasteiger partial charge in [0.25, 0.3) is 0 Å². The summed E-state index contributed by atoms with van der Waals surface area (Å²) < 4.78 is 10.5.